The predicted molar refractivity (Wildman–Crippen MR) is 113 cm³/mol. The SMILES string of the molecule is CCOC(=O)/C=C/c1cc2cc(NC(=O)c3ccc(N(C)C)cc3)ccc2[nH]1. The average Bonchev–Trinajstić information content (AvgIpc) is 3.09. The van der Waals surface area contributed by atoms with Crippen LogP contribution in [0.15, 0.2) is 54.6 Å². The van der Waals surface area contributed by atoms with Crippen molar-refractivity contribution < 1.29 is 14.3 Å². The number of benzene rings is 2. The molecule has 0 unspecified atom stereocenters. The predicted octanol–water partition coefficient (Wildman–Crippen LogP) is 4.06. The van der Waals surface area contributed by atoms with E-state index >= 15 is 0 Å². The van der Waals surface area contributed by atoms with E-state index in [9.17, 15) is 9.59 Å². The zero-order valence-corrected chi connectivity index (χ0v) is 16.2. The maximum atomic E-state index is 12.5. The third-order valence-corrected chi connectivity index (χ3v) is 4.23. The molecule has 28 heavy (non-hydrogen) atoms. The van der Waals surface area contributed by atoms with E-state index in [1.54, 1.807) is 25.1 Å². The van der Waals surface area contributed by atoms with Gasteiger partial charge in [-0.2, -0.15) is 0 Å². The summed E-state index contributed by atoms with van der Waals surface area (Å²) in [5.74, 6) is -0.544. The highest BCUT2D eigenvalue weighted by Crippen LogP contribution is 2.22. The van der Waals surface area contributed by atoms with Crippen molar-refractivity contribution in [2.75, 3.05) is 30.9 Å². The lowest BCUT2D eigenvalue weighted by Gasteiger charge is -2.12. The molecule has 3 rings (SSSR count). The van der Waals surface area contributed by atoms with Gasteiger partial charge in [-0.05, 0) is 61.5 Å². The summed E-state index contributed by atoms with van der Waals surface area (Å²) in [6.45, 7) is 2.11. The Kier molecular flexibility index (Phi) is 5.79. The number of nitrogens with zero attached hydrogens (tertiary/aromatic N) is 1. The van der Waals surface area contributed by atoms with E-state index in [0.717, 1.165) is 22.3 Å². The number of anilines is 2. The monoisotopic (exact) mass is 377 g/mol. The molecule has 0 saturated carbocycles. The van der Waals surface area contributed by atoms with Crippen LogP contribution in [0.3, 0.4) is 0 Å². The molecule has 0 bridgehead atoms. The lowest BCUT2D eigenvalue weighted by atomic mass is 10.1. The highest BCUT2D eigenvalue weighted by molar-refractivity contribution is 6.05. The van der Waals surface area contributed by atoms with Crippen molar-refractivity contribution in [3.05, 3.63) is 65.9 Å². The average molecular weight is 377 g/mol. The molecular formula is C22H23N3O3. The standard InChI is InChI=1S/C22H23N3O3/c1-4-28-21(26)12-8-17-13-16-14-18(7-11-20(16)23-17)24-22(27)15-5-9-19(10-6-15)25(2)3/h5-14,23H,4H2,1-3H3,(H,24,27)/b12-8+. The van der Waals surface area contributed by atoms with Crippen LogP contribution in [-0.2, 0) is 9.53 Å². The Labute approximate surface area is 163 Å². The molecule has 0 aliphatic carbocycles. The lowest BCUT2D eigenvalue weighted by Crippen LogP contribution is -2.13. The van der Waals surface area contributed by atoms with Crippen molar-refractivity contribution in [1.82, 2.24) is 4.98 Å². The van der Waals surface area contributed by atoms with Gasteiger partial charge in [-0.1, -0.05) is 0 Å². The Morgan fingerprint density at radius 1 is 1.11 bits per heavy atom. The lowest BCUT2D eigenvalue weighted by molar-refractivity contribution is -0.137. The van der Waals surface area contributed by atoms with E-state index in [1.165, 1.54) is 6.08 Å². The maximum Gasteiger partial charge on any atom is 0.330 e. The second-order valence-corrected chi connectivity index (χ2v) is 6.51. The summed E-state index contributed by atoms with van der Waals surface area (Å²) in [5, 5.41) is 3.85. The van der Waals surface area contributed by atoms with Gasteiger partial charge >= 0.3 is 5.97 Å². The van der Waals surface area contributed by atoms with Crippen LogP contribution in [0.25, 0.3) is 17.0 Å². The van der Waals surface area contributed by atoms with Crippen molar-refractivity contribution in [2.45, 2.75) is 6.92 Å². The highest BCUT2D eigenvalue weighted by atomic mass is 16.5. The highest BCUT2D eigenvalue weighted by Gasteiger charge is 2.08. The van der Waals surface area contributed by atoms with Gasteiger partial charge in [0.2, 0.25) is 0 Å². The number of amides is 1. The largest absolute Gasteiger partial charge is 0.463 e. The Bertz CT molecular complexity index is 1020. The molecular weight excluding hydrogens is 354 g/mol. The zero-order valence-electron chi connectivity index (χ0n) is 16.2. The van der Waals surface area contributed by atoms with Crippen LogP contribution >= 0.6 is 0 Å². The van der Waals surface area contributed by atoms with Crippen LogP contribution in [-0.4, -0.2) is 37.6 Å². The van der Waals surface area contributed by atoms with Crippen molar-refractivity contribution in [1.29, 1.82) is 0 Å². The Hall–Kier alpha value is -3.54. The minimum atomic E-state index is -0.380. The zero-order chi connectivity index (χ0) is 20.1. The van der Waals surface area contributed by atoms with E-state index in [2.05, 4.69) is 10.3 Å². The van der Waals surface area contributed by atoms with E-state index in [-0.39, 0.29) is 11.9 Å². The number of hydrogen-bond acceptors (Lipinski definition) is 4. The normalized spacial score (nSPS) is 11.0. The van der Waals surface area contributed by atoms with Crippen LogP contribution in [0.5, 0.6) is 0 Å². The summed E-state index contributed by atoms with van der Waals surface area (Å²) in [4.78, 5) is 29.1. The van der Waals surface area contributed by atoms with Gasteiger partial charge in [-0.3, -0.25) is 4.79 Å². The number of nitrogens with one attached hydrogen (secondary N) is 2. The van der Waals surface area contributed by atoms with Gasteiger partial charge in [0.1, 0.15) is 0 Å². The van der Waals surface area contributed by atoms with Gasteiger partial charge < -0.3 is 19.9 Å². The maximum absolute atomic E-state index is 12.5. The fraction of sp³-hybridized carbons (Fsp3) is 0.182. The third-order valence-electron chi connectivity index (χ3n) is 4.23. The van der Waals surface area contributed by atoms with E-state index in [0.29, 0.717) is 17.9 Å². The fourth-order valence-electron chi connectivity index (χ4n) is 2.79. The fourth-order valence-corrected chi connectivity index (χ4v) is 2.79. The summed E-state index contributed by atoms with van der Waals surface area (Å²) in [7, 11) is 3.91. The number of carbonyl (C=O) groups excluding carboxylic acids is 2. The number of aromatic amines is 1. The van der Waals surface area contributed by atoms with Gasteiger partial charge in [0.15, 0.2) is 0 Å². The van der Waals surface area contributed by atoms with Crippen molar-refractivity contribution in [2.24, 2.45) is 0 Å². The minimum absolute atomic E-state index is 0.164. The van der Waals surface area contributed by atoms with E-state index in [4.69, 9.17) is 4.74 Å². The molecule has 0 atom stereocenters. The number of aromatic nitrogens is 1. The Morgan fingerprint density at radius 2 is 1.86 bits per heavy atom. The van der Waals surface area contributed by atoms with E-state index < -0.39 is 0 Å². The second kappa shape index (κ2) is 8.43. The van der Waals surface area contributed by atoms with Gasteiger partial charge in [0.25, 0.3) is 5.91 Å². The van der Waals surface area contributed by atoms with Crippen molar-refractivity contribution in [3.8, 4) is 0 Å². The molecule has 3 aromatic rings. The number of hydrogen-bond donors (Lipinski definition) is 2. The molecule has 0 aliphatic rings. The second-order valence-electron chi connectivity index (χ2n) is 6.51. The summed E-state index contributed by atoms with van der Waals surface area (Å²) in [6, 6.07) is 15.0. The topological polar surface area (TPSA) is 74.4 Å². The van der Waals surface area contributed by atoms with Crippen LogP contribution in [0, 0.1) is 0 Å². The molecule has 0 spiro atoms. The van der Waals surface area contributed by atoms with Gasteiger partial charge in [-0.25, -0.2) is 4.79 Å². The number of ether oxygens (including phenoxy) is 1. The van der Waals surface area contributed by atoms with E-state index in [1.807, 2.05) is 55.4 Å². The van der Waals surface area contributed by atoms with Gasteiger partial charge in [-0.15, -0.1) is 0 Å². The van der Waals surface area contributed by atoms with Crippen LogP contribution in [0.4, 0.5) is 11.4 Å². The summed E-state index contributed by atoms with van der Waals surface area (Å²) < 4.78 is 4.87. The molecule has 1 amide bonds. The first-order chi connectivity index (χ1) is 13.5. The number of fused-ring (bicyclic) bond motifs is 1. The molecule has 2 N–H and O–H groups in total. The number of esters is 1. The molecule has 0 saturated heterocycles. The first kappa shape index (κ1) is 19.2. The summed E-state index contributed by atoms with van der Waals surface area (Å²) in [6.07, 6.45) is 3.05. The first-order valence-corrected chi connectivity index (χ1v) is 9.02. The number of H-pyrrole nitrogens is 1. The van der Waals surface area contributed by atoms with Crippen LogP contribution in [0.2, 0.25) is 0 Å². The Balaban J connectivity index is 1.73. The van der Waals surface area contributed by atoms with Gasteiger partial charge in [0, 0.05) is 53.7 Å². The molecule has 0 aliphatic heterocycles. The number of rotatable bonds is 6. The minimum Gasteiger partial charge on any atom is -0.463 e. The molecule has 0 fully saturated rings. The third kappa shape index (κ3) is 4.59. The van der Waals surface area contributed by atoms with Crippen LogP contribution < -0.4 is 10.2 Å². The Morgan fingerprint density at radius 3 is 2.54 bits per heavy atom. The van der Waals surface area contributed by atoms with Crippen LogP contribution in [0.1, 0.15) is 23.0 Å². The molecule has 0 radical (unpaired) electrons. The number of carbonyl (C=O) groups is 2. The molecule has 6 nitrogen and oxygen atoms in total. The molecule has 144 valence electrons. The van der Waals surface area contributed by atoms with Gasteiger partial charge in [0.05, 0.1) is 6.61 Å². The molecule has 6 heteroatoms. The quantitative estimate of drug-likeness (QED) is 0.502. The summed E-state index contributed by atoms with van der Waals surface area (Å²) >= 11 is 0. The molecule has 2 aromatic carbocycles. The summed E-state index contributed by atoms with van der Waals surface area (Å²) in [5.41, 5.74) is 4.03. The molecule has 1 aromatic heterocycles. The van der Waals surface area contributed by atoms with Crippen molar-refractivity contribution >= 4 is 40.2 Å². The first-order valence-electron chi connectivity index (χ1n) is 9.02. The van der Waals surface area contributed by atoms with Crippen molar-refractivity contribution in [3.63, 3.8) is 0 Å². The smallest absolute Gasteiger partial charge is 0.330 e. The molecule has 1 heterocycles.